The molecule has 0 aromatic heterocycles. The summed E-state index contributed by atoms with van der Waals surface area (Å²) >= 11 is 0. The second kappa shape index (κ2) is 6.75. The summed E-state index contributed by atoms with van der Waals surface area (Å²) in [7, 11) is 0. The minimum absolute atomic E-state index is 0.370. The lowest BCUT2D eigenvalue weighted by Gasteiger charge is -2.41. The molecule has 3 atom stereocenters. The van der Waals surface area contributed by atoms with E-state index in [-0.39, 0.29) is 0 Å². The van der Waals surface area contributed by atoms with Crippen LogP contribution in [-0.4, -0.2) is 34.7 Å². The van der Waals surface area contributed by atoms with Crippen molar-refractivity contribution in [2.45, 2.75) is 89.3 Å². The average molecular weight is 239 g/mol. The second-order valence-electron chi connectivity index (χ2n) is 5.93. The maximum atomic E-state index is 8.90. The number of aliphatic hydroxyl groups is 1. The molecular weight excluding hydrogens is 210 g/mol. The van der Waals surface area contributed by atoms with Crippen molar-refractivity contribution in [2.24, 2.45) is 0 Å². The zero-order valence-electron chi connectivity index (χ0n) is 11.4. The van der Waals surface area contributed by atoms with E-state index in [2.05, 4.69) is 11.8 Å². The van der Waals surface area contributed by atoms with E-state index in [0.717, 1.165) is 24.5 Å². The highest BCUT2D eigenvalue weighted by Gasteiger charge is 2.39. The first-order valence-corrected chi connectivity index (χ1v) is 7.75. The highest BCUT2D eigenvalue weighted by atomic mass is 16.2. The van der Waals surface area contributed by atoms with E-state index < -0.39 is 0 Å². The van der Waals surface area contributed by atoms with Crippen molar-refractivity contribution in [3.05, 3.63) is 0 Å². The van der Waals surface area contributed by atoms with Gasteiger partial charge in [0.25, 0.3) is 0 Å². The third-order valence-corrected chi connectivity index (χ3v) is 4.74. The van der Waals surface area contributed by atoms with Crippen molar-refractivity contribution >= 4 is 0 Å². The van der Waals surface area contributed by atoms with Gasteiger partial charge in [-0.2, -0.15) is 0 Å². The van der Waals surface area contributed by atoms with Crippen LogP contribution in [-0.2, 0) is 0 Å². The van der Waals surface area contributed by atoms with Gasteiger partial charge in [-0.15, -0.1) is 0 Å². The van der Waals surface area contributed by atoms with Crippen LogP contribution in [0, 0.1) is 0 Å². The summed E-state index contributed by atoms with van der Waals surface area (Å²) in [5.74, 6) is 0. The molecular formula is C15H29NO. The van der Waals surface area contributed by atoms with Gasteiger partial charge in [-0.3, -0.25) is 4.90 Å². The van der Waals surface area contributed by atoms with Crippen molar-refractivity contribution in [1.82, 2.24) is 4.90 Å². The summed E-state index contributed by atoms with van der Waals surface area (Å²) in [6.07, 6.45) is 13.4. The first-order valence-electron chi connectivity index (χ1n) is 7.75. The Balaban J connectivity index is 1.89. The number of hydrogen-bond acceptors (Lipinski definition) is 2. The first kappa shape index (κ1) is 13.4. The number of nitrogens with zero attached hydrogens (tertiary/aromatic N) is 1. The van der Waals surface area contributed by atoms with Crippen LogP contribution in [0.4, 0.5) is 0 Å². The highest BCUT2D eigenvalue weighted by Crippen LogP contribution is 2.38. The number of hydrogen-bond donors (Lipinski definition) is 1. The fourth-order valence-electron chi connectivity index (χ4n) is 4.02. The van der Waals surface area contributed by atoms with Crippen LogP contribution in [0.5, 0.6) is 0 Å². The molecule has 1 N–H and O–H groups in total. The molecule has 2 aliphatic rings. The van der Waals surface area contributed by atoms with Gasteiger partial charge >= 0.3 is 0 Å². The Morgan fingerprint density at radius 1 is 1.00 bits per heavy atom. The van der Waals surface area contributed by atoms with Gasteiger partial charge in [0.15, 0.2) is 0 Å². The Kier molecular flexibility index (Phi) is 5.30. The quantitative estimate of drug-likeness (QED) is 0.719. The van der Waals surface area contributed by atoms with Gasteiger partial charge in [-0.25, -0.2) is 0 Å². The van der Waals surface area contributed by atoms with Crippen LogP contribution in [0.3, 0.4) is 0 Å². The molecule has 0 radical (unpaired) electrons. The van der Waals surface area contributed by atoms with E-state index in [0.29, 0.717) is 6.61 Å². The number of aliphatic hydroxyl groups excluding tert-OH is 1. The van der Waals surface area contributed by atoms with E-state index in [1.165, 1.54) is 57.8 Å². The topological polar surface area (TPSA) is 23.5 Å². The third kappa shape index (κ3) is 3.23. The number of fused-ring (bicyclic) bond motifs is 1. The van der Waals surface area contributed by atoms with Crippen molar-refractivity contribution in [2.75, 3.05) is 6.61 Å². The lowest BCUT2D eigenvalue weighted by atomic mass is 9.93. The molecule has 0 aromatic rings. The molecule has 0 amide bonds. The van der Waals surface area contributed by atoms with Gasteiger partial charge in [-0.1, -0.05) is 19.8 Å². The summed E-state index contributed by atoms with van der Waals surface area (Å²) in [4.78, 5) is 2.88. The molecule has 2 nitrogen and oxygen atoms in total. The van der Waals surface area contributed by atoms with Gasteiger partial charge in [0.05, 0.1) is 0 Å². The molecule has 0 spiro atoms. The van der Waals surface area contributed by atoms with E-state index in [1.54, 1.807) is 0 Å². The summed E-state index contributed by atoms with van der Waals surface area (Å²) in [5, 5.41) is 8.90. The maximum Gasteiger partial charge on any atom is 0.0431 e. The summed E-state index contributed by atoms with van der Waals surface area (Å²) in [5.41, 5.74) is 0. The lowest BCUT2D eigenvalue weighted by Crippen LogP contribution is -2.47. The van der Waals surface area contributed by atoms with Crippen LogP contribution in [0.15, 0.2) is 0 Å². The Bertz CT molecular complexity index is 217. The molecule has 100 valence electrons. The number of unbranched alkanes of at least 4 members (excludes halogenated alkanes) is 1. The van der Waals surface area contributed by atoms with Crippen molar-refractivity contribution in [1.29, 1.82) is 0 Å². The minimum atomic E-state index is 0.370. The first-order chi connectivity index (χ1) is 8.36. The fraction of sp³-hybridized carbons (Fsp3) is 1.00. The molecule has 2 heteroatoms. The van der Waals surface area contributed by atoms with Crippen LogP contribution >= 0.6 is 0 Å². The van der Waals surface area contributed by atoms with Gasteiger partial charge in [-0.05, 0) is 51.4 Å². The zero-order valence-corrected chi connectivity index (χ0v) is 11.4. The zero-order chi connectivity index (χ0) is 12.1. The Morgan fingerprint density at radius 2 is 1.82 bits per heavy atom. The monoisotopic (exact) mass is 239 g/mol. The molecule has 2 aliphatic heterocycles. The average Bonchev–Trinajstić information content (AvgIpc) is 2.75. The predicted octanol–water partition coefficient (Wildman–Crippen LogP) is 3.33. The molecule has 2 rings (SSSR count). The van der Waals surface area contributed by atoms with Crippen molar-refractivity contribution in [3.8, 4) is 0 Å². The summed E-state index contributed by atoms with van der Waals surface area (Å²) in [6.45, 7) is 2.69. The highest BCUT2D eigenvalue weighted by molar-refractivity contribution is 4.94. The smallest absolute Gasteiger partial charge is 0.0431 e. The van der Waals surface area contributed by atoms with Gasteiger partial charge in [0.2, 0.25) is 0 Å². The standard InChI is InChI=1S/C15H29NO/c1-2-6-13-8-5-9-15-11-10-14(16(13)15)7-3-4-12-17/h13-15,17H,2-12H2,1H3. The van der Waals surface area contributed by atoms with Gasteiger partial charge < -0.3 is 5.11 Å². The predicted molar refractivity (Wildman–Crippen MR) is 72.1 cm³/mol. The molecule has 0 aliphatic carbocycles. The van der Waals surface area contributed by atoms with E-state index >= 15 is 0 Å². The molecule has 17 heavy (non-hydrogen) atoms. The normalized spacial score (nSPS) is 33.9. The molecule has 3 unspecified atom stereocenters. The largest absolute Gasteiger partial charge is 0.396 e. The molecule has 2 fully saturated rings. The third-order valence-electron chi connectivity index (χ3n) is 4.74. The SMILES string of the molecule is CCCC1CCCC2CCC(CCCCO)N12. The van der Waals surface area contributed by atoms with E-state index in [9.17, 15) is 0 Å². The summed E-state index contributed by atoms with van der Waals surface area (Å²) < 4.78 is 0. The Labute approximate surface area is 106 Å². The number of rotatable bonds is 6. The summed E-state index contributed by atoms with van der Waals surface area (Å²) in [6, 6.07) is 2.61. The van der Waals surface area contributed by atoms with Crippen LogP contribution < -0.4 is 0 Å². The van der Waals surface area contributed by atoms with E-state index in [4.69, 9.17) is 5.11 Å². The van der Waals surface area contributed by atoms with Crippen LogP contribution in [0.2, 0.25) is 0 Å². The van der Waals surface area contributed by atoms with Crippen LogP contribution in [0.1, 0.15) is 71.1 Å². The lowest BCUT2D eigenvalue weighted by molar-refractivity contribution is 0.0708. The molecule has 0 aromatic carbocycles. The Morgan fingerprint density at radius 3 is 2.59 bits per heavy atom. The van der Waals surface area contributed by atoms with Gasteiger partial charge in [0.1, 0.15) is 0 Å². The fourth-order valence-corrected chi connectivity index (χ4v) is 4.02. The molecule has 2 saturated heterocycles. The van der Waals surface area contributed by atoms with Crippen LogP contribution in [0.25, 0.3) is 0 Å². The van der Waals surface area contributed by atoms with Gasteiger partial charge in [0, 0.05) is 24.7 Å². The van der Waals surface area contributed by atoms with Crippen molar-refractivity contribution in [3.63, 3.8) is 0 Å². The molecule has 0 saturated carbocycles. The van der Waals surface area contributed by atoms with E-state index in [1.807, 2.05) is 0 Å². The maximum absolute atomic E-state index is 8.90. The van der Waals surface area contributed by atoms with Crippen molar-refractivity contribution < 1.29 is 5.11 Å². The molecule has 0 bridgehead atoms. The minimum Gasteiger partial charge on any atom is -0.396 e. The Hall–Kier alpha value is -0.0800. The number of piperidine rings is 1. The molecule has 2 heterocycles. The second-order valence-corrected chi connectivity index (χ2v) is 5.93.